The summed E-state index contributed by atoms with van der Waals surface area (Å²) in [6, 6.07) is 9.93. The summed E-state index contributed by atoms with van der Waals surface area (Å²) in [4.78, 5) is 26.8. The van der Waals surface area contributed by atoms with Gasteiger partial charge in [-0.1, -0.05) is 35.3 Å². The van der Waals surface area contributed by atoms with Crippen molar-refractivity contribution in [2.45, 2.75) is 20.0 Å². The number of para-hydroxylation sites is 1. The zero-order valence-electron chi connectivity index (χ0n) is 16.4. The molecule has 30 heavy (non-hydrogen) atoms. The minimum atomic E-state index is -0.620. The van der Waals surface area contributed by atoms with Crippen molar-refractivity contribution in [2.24, 2.45) is 0 Å². The average Bonchev–Trinajstić information content (AvgIpc) is 2.68. The molecule has 3 rings (SSSR count). The van der Waals surface area contributed by atoms with E-state index in [2.05, 4.69) is 5.32 Å². The number of benzene rings is 2. The van der Waals surface area contributed by atoms with Gasteiger partial charge < -0.3 is 9.47 Å². The molecule has 2 aromatic carbocycles. The minimum Gasteiger partial charge on any atom is -0.493 e. The van der Waals surface area contributed by atoms with Crippen molar-refractivity contribution in [3.05, 3.63) is 57.6 Å². The van der Waals surface area contributed by atoms with Gasteiger partial charge in [0.05, 0.1) is 28.9 Å². The van der Waals surface area contributed by atoms with Gasteiger partial charge in [0, 0.05) is 0 Å². The van der Waals surface area contributed by atoms with Gasteiger partial charge in [-0.25, -0.2) is 0 Å². The van der Waals surface area contributed by atoms with Crippen LogP contribution in [0.2, 0.25) is 10.0 Å². The van der Waals surface area contributed by atoms with E-state index in [9.17, 15) is 9.59 Å². The monoisotopic (exact) mass is 464 g/mol. The number of ether oxygens (including phenoxy) is 2. The summed E-state index contributed by atoms with van der Waals surface area (Å²) < 4.78 is 11.1. The summed E-state index contributed by atoms with van der Waals surface area (Å²) in [5.74, 6) is -0.458. The summed E-state index contributed by atoms with van der Waals surface area (Å²) in [7, 11) is 1.48. The Morgan fingerprint density at radius 2 is 1.83 bits per heavy atom. The maximum Gasteiger partial charge on any atom is 0.270 e. The Morgan fingerprint density at radius 3 is 2.47 bits per heavy atom. The second kappa shape index (κ2) is 9.04. The third kappa shape index (κ3) is 4.43. The SMILES string of the molecule is COc1cc(/C=C2\C(=O)NC(=S)N(c3ccccc3Cl)C2=O)cc(Cl)c1OC(C)C. The lowest BCUT2D eigenvalue weighted by atomic mass is 10.1. The highest BCUT2D eigenvalue weighted by molar-refractivity contribution is 7.80. The molecule has 2 amide bonds. The van der Waals surface area contributed by atoms with Crippen LogP contribution in [0, 0.1) is 0 Å². The second-order valence-corrected chi connectivity index (χ2v) is 7.81. The topological polar surface area (TPSA) is 67.9 Å². The van der Waals surface area contributed by atoms with Crippen molar-refractivity contribution in [3.63, 3.8) is 0 Å². The Kier molecular flexibility index (Phi) is 6.65. The maximum absolute atomic E-state index is 13.1. The first kappa shape index (κ1) is 22.1. The molecule has 0 atom stereocenters. The fourth-order valence-corrected chi connectivity index (χ4v) is 3.61. The smallest absolute Gasteiger partial charge is 0.270 e. The number of anilines is 1. The summed E-state index contributed by atoms with van der Waals surface area (Å²) in [5, 5.41) is 3.08. The van der Waals surface area contributed by atoms with Crippen LogP contribution in [-0.4, -0.2) is 30.1 Å². The standard InChI is InChI=1S/C21H18Cl2N2O4S/c1-11(2)29-18-15(23)9-12(10-17(18)28-3)8-13-19(26)24-21(30)25(20(13)27)16-7-5-4-6-14(16)22/h4-11H,1-3H3,(H,24,26,30)/b13-8+. The molecular formula is C21H18Cl2N2O4S. The lowest BCUT2D eigenvalue weighted by molar-refractivity contribution is -0.122. The van der Waals surface area contributed by atoms with Crippen molar-refractivity contribution < 1.29 is 19.1 Å². The van der Waals surface area contributed by atoms with E-state index in [1.54, 1.807) is 36.4 Å². The third-order valence-electron chi connectivity index (χ3n) is 4.11. The van der Waals surface area contributed by atoms with Gasteiger partial charge in [0.15, 0.2) is 16.6 Å². The van der Waals surface area contributed by atoms with Crippen molar-refractivity contribution in [3.8, 4) is 11.5 Å². The van der Waals surface area contributed by atoms with Gasteiger partial charge in [-0.05, 0) is 62.0 Å². The highest BCUT2D eigenvalue weighted by Crippen LogP contribution is 2.38. The van der Waals surface area contributed by atoms with Crippen molar-refractivity contribution >= 4 is 64.1 Å². The molecule has 1 N–H and O–H groups in total. The quantitative estimate of drug-likeness (QED) is 0.397. The van der Waals surface area contributed by atoms with Gasteiger partial charge in [-0.3, -0.25) is 19.8 Å². The normalized spacial score (nSPS) is 15.6. The second-order valence-electron chi connectivity index (χ2n) is 6.61. The Morgan fingerprint density at radius 1 is 1.13 bits per heavy atom. The number of amides is 2. The number of halogens is 2. The molecule has 1 heterocycles. The molecule has 1 saturated heterocycles. The van der Waals surface area contributed by atoms with Crippen LogP contribution in [0.5, 0.6) is 11.5 Å². The van der Waals surface area contributed by atoms with Crippen molar-refractivity contribution in [2.75, 3.05) is 12.0 Å². The Balaban J connectivity index is 2.05. The molecule has 1 fully saturated rings. The number of rotatable bonds is 5. The zero-order valence-corrected chi connectivity index (χ0v) is 18.7. The van der Waals surface area contributed by atoms with E-state index in [0.29, 0.717) is 27.8 Å². The average molecular weight is 465 g/mol. The number of thiocarbonyl (C=S) groups is 1. The van der Waals surface area contributed by atoms with E-state index in [-0.39, 0.29) is 21.8 Å². The number of hydrogen-bond donors (Lipinski definition) is 1. The molecule has 2 aromatic rings. The minimum absolute atomic E-state index is 0.0495. The van der Waals surface area contributed by atoms with Gasteiger partial charge >= 0.3 is 0 Å². The highest BCUT2D eigenvalue weighted by atomic mass is 35.5. The molecule has 156 valence electrons. The summed E-state index contributed by atoms with van der Waals surface area (Å²) in [6.45, 7) is 3.73. The maximum atomic E-state index is 13.1. The van der Waals surface area contributed by atoms with E-state index in [0.717, 1.165) is 0 Å². The van der Waals surface area contributed by atoms with Gasteiger partial charge in [-0.15, -0.1) is 0 Å². The largest absolute Gasteiger partial charge is 0.493 e. The molecule has 0 aromatic heterocycles. The van der Waals surface area contributed by atoms with Gasteiger partial charge in [0.25, 0.3) is 11.8 Å². The van der Waals surface area contributed by atoms with E-state index in [4.69, 9.17) is 44.9 Å². The Hall–Kier alpha value is -2.61. The van der Waals surface area contributed by atoms with E-state index >= 15 is 0 Å². The molecule has 6 nitrogen and oxygen atoms in total. The van der Waals surface area contributed by atoms with Crippen molar-refractivity contribution in [1.29, 1.82) is 0 Å². The van der Waals surface area contributed by atoms with Crippen LogP contribution in [0.25, 0.3) is 6.08 Å². The molecule has 0 radical (unpaired) electrons. The zero-order chi connectivity index (χ0) is 22.0. The van der Waals surface area contributed by atoms with E-state index in [1.807, 2.05) is 13.8 Å². The Labute approximate surface area is 189 Å². The summed E-state index contributed by atoms with van der Waals surface area (Å²) in [6.07, 6.45) is 1.30. The first-order valence-corrected chi connectivity index (χ1v) is 10.1. The van der Waals surface area contributed by atoms with Gasteiger partial charge in [-0.2, -0.15) is 0 Å². The van der Waals surface area contributed by atoms with Gasteiger partial charge in [0.2, 0.25) is 0 Å². The van der Waals surface area contributed by atoms with E-state index in [1.165, 1.54) is 18.1 Å². The number of nitrogens with zero attached hydrogens (tertiary/aromatic N) is 1. The van der Waals surface area contributed by atoms with Crippen LogP contribution in [0.15, 0.2) is 42.0 Å². The molecule has 0 spiro atoms. The van der Waals surface area contributed by atoms with Gasteiger partial charge in [0.1, 0.15) is 5.57 Å². The number of methoxy groups -OCH3 is 1. The molecule has 0 unspecified atom stereocenters. The first-order valence-electron chi connectivity index (χ1n) is 8.93. The number of carbonyl (C=O) groups is 2. The third-order valence-corrected chi connectivity index (χ3v) is 5.00. The lowest BCUT2D eigenvalue weighted by Crippen LogP contribution is -2.54. The van der Waals surface area contributed by atoms with Crippen LogP contribution in [0.3, 0.4) is 0 Å². The van der Waals surface area contributed by atoms with Crippen LogP contribution in [0.4, 0.5) is 5.69 Å². The molecule has 0 aliphatic carbocycles. The van der Waals surface area contributed by atoms with Crippen LogP contribution in [-0.2, 0) is 9.59 Å². The van der Waals surface area contributed by atoms with Crippen molar-refractivity contribution in [1.82, 2.24) is 5.32 Å². The summed E-state index contributed by atoms with van der Waals surface area (Å²) >= 11 is 17.8. The molecule has 9 heteroatoms. The lowest BCUT2D eigenvalue weighted by Gasteiger charge is -2.29. The molecule has 1 aliphatic rings. The fourth-order valence-electron chi connectivity index (χ4n) is 2.85. The Bertz CT molecular complexity index is 1070. The number of hydrogen-bond acceptors (Lipinski definition) is 5. The van der Waals surface area contributed by atoms with Crippen LogP contribution >= 0.6 is 35.4 Å². The molecular weight excluding hydrogens is 447 g/mol. The first-order chi connectivity index (χ1) is 14.2. The predicted molar refractivity (Wildman–Crippen MR) is 121 cm³/mol. The number of carbonyl (C=O) groups excluding carboxylic acids is 2. The molecule has 0 saturated carbocycles. The predicted octanol–water partition coefficient (Wildman–Crippen LogP) is 4.62. The molecule has 1 aliphatic heterocycles. The van der Waals surface area contributed by atoms with Crippen LogP contribution in [0.1, 0.15) is 19.4 Å². The molecule has 0 bridgehead atoms. The highest BCUT2D eigenvalue weighted by Gasteiger charge is 2.35. The summed E-state index contributed by atoms with van der Waals surface area (Å²) in [5.41, 5.74) is 0.730. The van der Waals surface area contributed by atoms with Crippen LogP contribution < -0.4 is 19.7 Å². The van der Waals surface area contributed by atoms with E-state index < -0.39 is 11.8 Å². The fraction of sp³-hybridized carbons (Fsp3) is 0.190. The number of nitrogens with one attached hydrogen (secondary N) is 1.